The Morgan fingerprint density at radius 2 is 2.00 bits per heavy atom. The van der Waals surface area contributed by atoms with Crippen molar-refractivity contribution in [2.45, 2.75) is 31.3 Å². The lowest BCUT2D eigenvalue weighted by molar-refractivity contribution is 0.0130. The third kappa shape index (κ3) is 2.03. The van der Waals surface area contributed by atoms with Crippen molar-refractivity contribution in [1.82, 2.24) is 10.2 Å². The van der Waals surface area contributed by atoms with Crippen molar-refractivity contribution < 1.29 is 4.74 Å². The van der Waals surface area contributed by atoms with Gasteiger partial charge in [-0.05, 0) is 19.9 Å². The van der Waals surface area contributed by atoms with E-state index in [1.165, 1.54) is 19.3 Å². The zero-order valence-electron chi connectivity index (χ0n) is 8.46. The lowest BCUT2D eigenvalue weighted by Crippen LogP contribution is -2.50. The number of hydrogen-bond donors (Lipinski definition) is 1. The van der Waals surface area contributed by atoms with Gasteiger partial charge in [-0.1, -0.05) is 6.42 Å². The fourth-order valence-corrected chi connectivity index (χ4v) is 2.62. The maximum atomic E-state index is 5.37. The van der Waals surface area contributed by atoms with Crippen LogP contribution in [0.3, 0.4) is 0 Å². The zero-order chi connectivity index (χ0) is 9.10. The van der Waals surface area contributed by atoms with E-state index in [9.17, 15) is 0 Å². The summed E-state index contributed by atoms with van der Waals surface area (Å²) < 4.78 is 5.37. The molecule has 2 atom stereocenters. The highest BCUT2D eigenvalue weighted by Crippen LogP contribution is 2.24. The molecule has 0 spiro atoms. The molecule has 0 aromatic carbocycles. The fraction of sp³-hybridized carbons (Fsp3) is 1.00. The van der Waals surface area contributed by atoms with Gasteiger partial charge in [-0.25, -0.2) is 0 Å². The Balaban J connectivity index is 1.90. The topological polar surface area (TPSA) is 24.5 Å². The number of rotatable bonds is 2. The van der Waals surface area contributed by atoms with E-state index in [0.717, 1.165) is 38.4 Å². The number of likely N-dealkylation sites (N-methyl/N-ethyl adjacent to an activating group) is 1. The highest BCUT2D eigenvalue weighted by Gasteiger charge is 2.31. The first-order chi connectivity index (χ1) is 6.42. The van der Waals surface area contributed by atoms with Gasteiger partial charge in [0.1, 0.15) is 0 Å². The van der Waals surface area contributed by atoms with Gasteiger partial charge in [-0.2, -0.15) is 0 Å². The number of nitrogens with one attached hydrogen (secondary N) is 1. The van der Waals surface area contributed by atoms with Gasteiger partial charge < -0.3 is 10.1 Å². The highest BCUT2D eigenvalue weighted by molar-refractivity contribution is 4.90. The Bertz CT molecular complexity index is 157. The summed E-state index contributed by atoms with van der Waals surface area (Å²) in [4.78, 5) is 2.59. The number of hydrogen-bond acceptors (Lipinski definition) is 3. The second-order valence-electron chi connectivity index (χ2n) is 4.04. The predicted octanol–water partition coefficient (Wildman–Crippen LogP) is 0.459. The third-order valence-electron chi connectivity index (χ3n) is 3.36. The normalized spacial score (nSPS) is 36.7. The molecule has 0 radical (unpaired) electrons. The van der Waals surface area contributed by atoms with Crippen LogP contribution in [0.5, 0.6) is 0 Å². The second-order valence-corrected chi connectivity index (χ2v) is 4.04. The predicted molar refractivity (Wildman–Crippen MR) is 52.9 cm³/mol. The van der Waals surface area contributed by atoms with Gasteiger partial charge in [0.15, 0.2) is 0 Å². The molecule has 3 heteroatoms. The summed E-state index contributed by atoms with van der Waals surface area (Å²) in [6, 6.07) is 1.49. The first-order valence-corrected chi connectivity index (χ1v) is 5.41. The molecule has 2 fully saturated rings. The van der Waals surface area contributed by atoms with Crippen molar-refractivity contribution in [3.63, 3.8) is 0 Å². The van der Waals surface area contributed by atoms with E-state index < -0.39 is 0 Å². The van der Waals surface area contributed by atoms with E-state index in [-0.39, 0.29) is 0 Å². The van der Waals surface area contributed by atoms with Crippen molar-refractivity contribution in [3.05, 3.63) is 0 Å². The minimum atomic E-state index is 0.720. The molecule has 1 saturated heterocycles. The molecule has 0 bridgehead atoms. The van der Waals surface area contributed by atoms with Gasteiger partial charge in [0, 0.05) is 25.2 Å². The largest absolute Gasteiger partial charge is 0.379 e. The van der Waals surface area contributed by atoms with Gasteiger partial charge in [-0.3, -0.25) is 4.90 Å². The third-order valence-corrected chi connectivity index (χ3v) is 3.36. The lowest BCUT2D eigenvalue weighted by atomic mass is 10.1. The molecule has 0 aromatic heterocycles. The highest BCUT2D eigenvalue weighted by atomic mass is 16.5. The van der Waals surface area contributed by atoms with Gasteiger partial charge in [0.05, 0.1) is 13.2 Å². The quantitative estimate of drug-likeness (QED) is 0.675. The average Bonchev–Trinajstić information content (AvgIpc) is 2.67. The molecule has 3 nitrogen and oxygen atoms in total. The van der Waals surface area contributed by atoms with Gasteiger partial charge in [0.25, 0.3) is 0 Å². The molecule has 0 amide bonds. The van der Waals surface area contributed by atoms with Crippen molar-refractivity contribution in [2.75, 3.05) is 33.4 Å². The lowest BCUT2D eigenvalue weighted by Gasteiger charge is -2.35. The smallest absolute Gasteiger partial charge is 0.0594 e. The standard InChI is InChI=1S/C10H20N2O/c1-11-9-3-2-4-10(9)12-5-7-13-8-6-12/h9-11H,2-8H2,1H3. The van der Waals surface area contributed by atoms with E-state index in [1.54, 1.807) is 0 Å². The Morgan fingerprint density at radius 3 is 2.69 bits per heavy atom. The van der Waals surface area contributed by atoms with Crippen LogP contribution in [0, 0.1) is 0 Å². The maximum Gasteiger partial charge on any atom is 0.0594 e. The summed E-state index contributed by atoms with van der Waals surface area (Å²) in [5.74, 6) is 0. The van der Waals surface area contributed by atoms with E-state index in [4.69, 9.17) is 4.74 Å². The van der Waals surface area contributed by atoms with Crippen LogP contribution in [-0.4, -0.2) is 50.3 Å². The van der Waals surface area contributed by atoms with Crippen LogP contribution in [0.4, 0.5) is 0 Å². The number of nitrogens with zero attached hydrogens (tertiary/aromatic N) is 1. The summed E-state index contributed by atoms with van der Waals surface area (Å²) in [5.41, 5.74) is 0. The summed E-state index contributed by atoms with van der Waals surface area (Å²) in [5, 5.41) is 3.43. The molecule has 1 N–H and O–H groups in total. The van der Waals surface area contributed by atoms with Crippen LogP contribution in [-0.2, 0) is 4.74 Å². The second kappa shape index (κ2) is 4.40. The van der Waals surface area contributed by atoms with Crippen molar-refractivity contribution >= 4 is 0 Å². The van der Waals surface area contributed by atoms with Gasteiger partial charge >= 0.3 is 0 Å². The Hall–Kier alpha value is -0.120. The summed E-state index contributed by atoms with van der Waals surface area (Å²) >= 11 is 0. The summed E-state index contributed by atoms with van der Waals surface area (Å²) in [7, 11) is 2.09. The molecule has 1 aliphatic heterocycles. The van der Waals surface area contributed by atoms with Crippen LogP contribution in [0.15, 0.2) is 0 Å². The Labute approximate surface area is 80.4 Å². The van der Waals surface area contributed by atoms with Crippen molar-refractivity contribution in [2.24, 2.45) is 0 Å². The van der Waals surface area contributed by atoms with Crippen LogP contribution < -0.4 is 5.32 Å². The molecule has 1 saturated carbocycles. The Morgan fingerprint density at radius 1 is 1.23 bits per heavy atom. The van der Waals surface area contributed by atoms with E-state index >= 15 is 0 Å². The van der Waals surface area contributed by atoms with Crippen LogP contribution in [0.1, 0.15) is 19.3 Å². The maximum absolute atomic E-state index is 5.37. The van der Waals surface area contributed by atoms with Gasteiger partial charge in [0.2, 0.25) is 0 Å². The first kappa shape index (κ1) is 9.44. The molecule has 0 aromatic rings. The molecule has 2 unspecified atom stereocenters. The minimum Gasteiger partial charge on any atom is -0.379 e. The average molecular weight is 184 g/mol. The summed E-state index contributed by atoms with van der Waals surface area (Å²) in [6.45, 7) is 4.10. The van der Waals surface area contributed by atoms with Gasteiger partial charge in [-0.15, -0.1) is 0 Å². The first-order valence-electron chi connectivity index (χ1n) is 5.41. The molecule has 1 aliphatic carbocycles. The minimum absolute atomic E-state index is 0.720. The van der Waals surface area contributed by atoms with Crippen LogP contribution in [0.25, 0.3) is 0 Å². The molecule has 2 aliphatic rings. The van der Waals surface area contributed by atoms with E-state index in [1.807, 2.05) is 0 Å². The molecule has 13 heavy (non-hydrogen) atoms. The molecular formula is C10H20N2O. The van der Waals surface area contributed by atoms with Crippen LogP contribution >= 0.6 is 0 Å². The molecular weight excluding hydrogens is 164 g/mol. The summed E-state index contributed by atoms with van der Waals surface area (Å²) in [6.07, 6.45) is 4.09. The van der Waals surface area contributed by atoms with Crippen molar-refractivity contribution in [3.8, 4) is 0 Å². The molecule has 2 rings (SSSR count). The molecule has 1 heterocycles. The monoisotopic (exact) mass is 184 g/mol. The molecule has 76 valence electrons. The van der Waals surface area contributed by atoms with E-state index in [2.05, 4.69) is 17.3 Å². The fourth-order valence-electron chi connectivity index (χ4n) is 2.62. The van der Waals surface area contributed by atoms with Crippen LogP contribution in [0.2, 0.25) is 0 Å². The zero-order valence-corrected chi connectivity index (χ0v) is 8.46. The van der Waals surface area contributed by atoms with Crippen molar-refractivity contribution in [1.29, 1.82) is 0 Å². The Kier molecular flexibility index (Phi) is 3.19. The number of ether oxygens (including phenoxy) is 1. The van der Waals surface area contributed by atoms with E-state index in [0.29, 0.717) is 0 Å². The SMILES string of the molecule is CNC1CCCC1N1CCOCC1. The number of morpholine rings is 1.